The van der Waals surface area contributed by atoms with Crippen LogP contribution in [0.15, 0.2) is 24.3 Å². The van der Waals surface area contributed by atoms with Crippen molar-refractivity contribution >= 4 is 10.0 Å². The zero-order chi connectivity index (χ0) is 17.6. The lowest BCUT2D eigenvalue weighted by atomic mass is 10.2. The van der Waals surface area contributed by atoms with E-state index in [0.717, 1.165) is 17.6 Å². The van der Waals surface area contributed by atoms with Crippen molar-refractivity contribution in [2.24, 2.45) is 0 Å². The monoisotopic (exact) mass is 358 g/mol. The summed E-state index contributed by atoms with van der Waals surface area (Å²) in [5.74, 6) is 0.788. The molecule has 0 aliphatic carbocycles. The SMILES string of the molecule is CCOCCOc1ccc(CN2C[C@@H](O)[C@H](NS(C)(=O)=O)C2)cc1. The number of sulfonamides is 1. The van der Waals surface area contributed by atoms with E-state index in [2.05, 4.69) is 4.72 Å². The van der Waals surface area contributed by atoms with Crippen molar-refractivity contribution in [3.05, 3.63) is 29.8 Å². The summed E-state index contributed by atoms with van der Waals surface area (Å²) < 4.78 is 35.9. The first-order valence-electron chi connectivity index (χ1n) is 8.04. The van der Waals surface area contributed by atoms with Crippen LogP contribution in [0.5, 0.6) is 5.75 Å². The minimum atomic E-state index is -3.32. The highest BCUT2D eigenvalue weighted by Crippen LogP contribution is 2.17. The molecule has 0 spiro atoms. The lowest BCUT2D eigenvalue weighted by molar-refractivity contribution is 0.110. The molecular weight excluding hydrogens is 332 g/mol. The lowest BCUT2D eigenvalue weighted by Crippen LogP contribution is -2.42. The largest absolute Gasteiger partial charge is 0.491 e. The molecule has 1 aromatic rings. The number of β-amino-alcohol motifs (C(OH)–C–C–N with tert-alkyl or cyclic N) is 1. The number of nitrogens with zero attached hydrogens (tertiary/aromatic N) is 1. The molecule has 8 heteroatoms. The Kier molecular flexibility index (Phi) is 7.00. The molecule has 0 amide bonds. The molecule has 1 aliphatic heterocycles. The third-order valence-corrected chi connectivity index (χ3v) is 4.49. The fourth-order valence-electron chi connectivity index (χ4n) is 2.70. The van der Waals surface area contributed by atoms with E-state index in [-0.39, 0.29) is 0 Å². The summed E-state index contributed by atoms with van der Waals surface area (Å²) in [7, 11) is -3.32. The van der Waals surface area contributed by atoms with Crippen LogP contribution in [0.3, 0.4) is 0 Å². The molecule has 7 nitrogen and oxygen atoms in total. The molecule has 0 saturated carbocycles. The van der Waals surface area contributed by atoms with Crippen molar-refractivity contribution in [1.29, 1.82) is 0 Å². The smallest absolute Gasteiger partial charge is 0.209 e. The van der Waals surface area contributed by atoms with Crippen LogP contribution in [0.1, 0.15) is 12.5 Å². The van der Waals surface area contributed by atoms with Gasteiger partial charge in [-0.25, -0.2) is 13.1 Å². The number of aliphatic hydroxyl groups is 1. The molecule has 2 rings (SSSR count). The number of aliphatic hydroxyl groups excluding tert-OH is 1. The van der Waals surface area contributed by atoms with Gasteiger partial charge in [-0.2, -0.15) is 0 Å². The van der Waals surface area contributed by atoms with Gasteiger partial charge in [0.1, 0.15) is 12.4 Å². The van der Waals surface area contributed by atoms with Crippen molar-refractivity contribution < 1.29 is 23.0 Å². The third kappa shape index (κ3) is 6.37. The van der Waals surface area contributed by atoms with Gasteiger partial charge in [0.2, 0.25) is 10.0 Å². The number of hydrogen-bond acceptors (Lipinski definition) is 6. The summed E-state index contributed by atoms with van der Waals surface area (Å²) in [6.07, 6.45) is 0.410. The summed E-state index contributed by atoms with van der Waals surface area (Å²) in [5.41, 5.74) is 1.08. The van der Waals surface area contributed by atoms with Gasteiger partial charge >= 0.3 is 0 Å². The van der Waals surface area contributed by atoms with Crippen LogP contribution in [-0.4, -0.2) is 69.7 Å². The predicted octanol–water partition coefficient (Wildman–Crippen LogP) is 0.196. The molecule has 0 bridgehead atoms. The standard InChI is InChI=1S/C16H26N2O5S/c1-3-22-8-9-23-14-6-4-13(5-7-14)10-18-11-15(16(19)12-18)17-24(2,20)21/h4-7,15-17,19H,3,8-12H2,1-2H3/t15-,16-/m1/s1. The van der Waals surface area contributed by atoms with E-state index in [1.54, 1.807) is 0 Å². The number of ether oxygens (including phenoxy) is 2. The van der Waals surface area contributed by atoms with E-state index >= 15 is 0 Å². The molecule has 1 saturated heterocycles. The highest BCUT2D eigenvalue weighted by atomic mass is 32.2. The van der Waals surface area contributed by atoms with Gasteiger partial charge < -0.3 is 14.6 Å². The van der Waals surface area contributed by atoms with E-state index in [1.165, 1.54) is 0 Å². The van der Waals surface area contributed by atoms with Crippen LogP contribution in [0, 0.1) is 0 Å². The van der Waals surface area contributed by atoms with Gasteiger partial charge in [-0.1, -0.05) is 12.1 Å². The van der Waals surface area contributed by atoms with Crippen molar-refractivity contribution in [3.8, 4) is 5.75 Å². The minimum absolute atomic E-state index is 0.444. The molecule has 1 aliphatic rings. The summed E-state index contributed by atoms with van der Waals surface area (Å²) >= 11 is 0. The third-order valence-electron chi connectivity index (χ3n) is 3.76. The average Bonchev–Trinajstić information content (AvgIpc) is 2.83. The van der Waals surface area contributed by atoms with E-state index in [0.29, 0.717) is 39.5 Å². The van der Waals surface area contributed by atoms with E-state index < -0.39 is 22.2 Å². The fraction of sp³-hybridized carbons (Fsp3) is 0.625. The molecule has 2 atom stereocenters. The van der Waals surface area contributed by atoms with Crippen molar-refractivity contribution in [2.45, 2.75) is 25.6 Å². The maximum atomic E-state index is 11.3. The normalized spacial score (nSPS) is 22.0. The highest BCUT2D eigenvalue weighted by molar-refractivity contribution is 7.88. The quantitative estimate of drug-likeness (QED) is 0.613. The summed E-state index contributed by atoms with van der Waals surface area (Å²) in [4.78, 5) is 2.03. The summed E-state index contributed by atoms with van der Waals surface area (Å²) in [6, 6.07) is 7.29. The second kappa shape index (κ2) is 8.77. The van der Waals surface area contributed by atoms with Gasteiger partial charge in [0.05, 0.1) is 25.0 Å². The predicted molar refractivity (Wildman–Crippen MR) is 91.5 cm³/mol. The Balaban J connectivity index is 1.81. The molecule has 24 heavy (non-hydrogen) atoms. The van der Waals surface area contributed by atoms with Gasteiger partial charge in [0, 0.05) is 26.2 Å². The molecule has 0 unspecified atom stereocenters. The van der Waals surface area contributed by atoms with Gasteiger partial charge in [0.25, 0.3) is 0 Å². The second-order valence-corrected chi connectivity index (χ2v) is 7.73. The number of nitrogens with one attached hydrogen (secondary N) is 1. The Morgan fingerprint density at radius 2 is 1.96 bits per heavy atom. The van der Waals surface area contributed by atoms with E-state index in [1.807, 2.05) is 36.1 Å². The van der Waals surface area contributed by atoms with Gasteiger partial charge in [-0.3, -0.25) is 4.90 Å². The maximum Gasteiger partial charge on any atom is 0.209 e. The van der Waals surface area contributed by atoms with Crippen LogP contribution >= 0.6 is 0 Å². The van der Waals surface area contributed by atoms with Gasteiger partial charge in [-0.15, -0.1) is 0 Å². The molecule has 1 heterocycles. The zero-order valence-electron chi connectivity index (χ0n) is 14.1. The van der Waals surface area contributed by atoms with Crippen LogP contribution in [0.4, 0.5) is 0 Å². The summed E-state index contributed by atoms with van der Waals surface area (Å²) in [6.45, 7) is 5.29. The Bertz CT molecular complexity index is 605. The molecule has 0 radical (unpaired) electrons. The van der Waals surface area contributed by atoms with Crippen LogP contribution < -0.4 is 9.46 Å². The van der Waals surface area contributed by atoms with Crippen molar-refractivity contribution in [3.63, 3.8) is 0 Å². The van der Waals surface area contributed by atoms with Gasteiger partial charge in [-0.05, 0) is 24.6 Å². The zero-order valence-corrected chi connectivity index (χ0v) is 15.0. The molecular formula is C16H26N2O5S. The Hall–Kier alpha value is -1.19. The highest BCUT2D eigenvalue weighted by Gasteiger charge is 2.32. The first-order chi connectivity index (χ1) is 11.4. The fourth-order valence-corrected chi connectivity index (χ4v) is 3.48. The summed E-state index contributed by atoms with van der Waals surface area (Å²) in [5, 5.41) is 9.99. The molecule has 1 fully saturated rings. The molecule has 136 valence electrons. The Morgan fingerprint density at radius 3 is 2.58 bits per heavy atom. The van der Waals surface area contributed by atoms with E-state index in [9.17, 15) is 13.5 Å². The number of rotatable bonds is 9. The van der Waals surface area contributed by atoms with Crippen molar-refractivity contribution in [1.82, 2.24) is 9.62 Å². The van der Waals surface area contributed by atoms with Gasteiger partial charge in [0.15, 0.2) is 0 Å². The van der Waals surface area contributed by atoms with E-state index in [4.69, 9.17) is 9.47 Å². The second-order valence-electron chi connectivity index (χ2n) is 5.95. The Morgan fingerprint density at radius 1 is 1.25 bits per heavy atom. The maximum absolute atomic E-state index is 11.3. The first kappa shape index (κ1) is 19.1. The topological polar surface area (TPSA) is 88.1 Å². The lowest BCUT2D eigenvalue weighted by Gasteiger charge is -2.16. The number of benzene rings is 1. The average molecular weight is 358 g/mol. The Labute approximate surface area is 143 Å². The molecule has 1 aromatic carbocycles. The molecule has 0 aromatic heterocycles. The first-order valence-corrected chi connectivity index (χ1v) is 9.93. The minimum Gasteiger partial charge on any atom is -0.491 e. The molecule has 2 N–H and O–H groups in total. The van der Waals surface area contributed by atoms with Crippen LogP contribution in [-0.2, 0) is 21.3 Å². The van der Waals surface area contributed by atoms with Crippen LogP contribution in [0.25, 0.3) is 0 Å². The van der Waals surface area contributed by atoms with Crippen molar-refractivity contribution in [2.75, 3.05) is 39.2 Å². The number of likely N-dealkylation sites (tertiary alicyclic amines) is 1. The number of hydrogen-bond donors (Lipinski definition) is 2. The van der Waals surface area contributed by atoms with Crippen LogP contribution in [0.2, 0.25) is 0 Å².